The predicted molar refractivity (Wildman–Crippen MR) is 79.1 cm³/mol. The van der Waals surface area contributed by atoms with Gasteiger partial charge in [-0.25, -0.2) is 9.59 Å². The fraction of sp³-hybridized carbons (Fsp3) is 0.385. The molecule has 104 valence electrons. The first-order chi connectivity index (χ1) is 9.17. The summed E-state index contributed by atoms with van der Waals surface area (Å²) >= 11 is 2.13. The van der Waals surface area contributed by atoms with Crippen LogP contribution >= 0.6 is 22.6 Å². The van der Waals surface area contributed by atoms with Crippen molar-refractivity contribution in [2.75, 3.05) is 11.5 Å². The van der Waals surface area contributed by atoms with Crippen LogP contribution in [0.5, 0.6) is 0 Å². The first kappa shape index (κ1) is 15.7. The van der Waals surface area contributed by atoms with Crippen LogP contribution in [0.1, 0.15) is 12.0 Å². The molecule has 0 unspecified atom stereocenters. The normalized spacial score (nSPS) is 11.5. The summed E-state index contributed by atoms with van der Waals surface area (Å²) in [5, 5.41) is 2.50. The molecular formula is C13H16INO4. The van der Waals surface area contributed by atoms with Gasteiger partial charge in [0.05, 0.1) is 7.11 Å². The van der Waals surface area contributed by atoms with Crippen LogP contribution in [0.25, 0.3) is 0 Å². The third-order valence-electron chi connectivity index (χ3n) is 2.39. The highest BCUT2D eigenvalue weighted by atomic mass is 127. The Balaban J connectivity index is 2.42. The van der Waals surface area contributed by atoms with E-state index < -0.39 is 18.1 Å². The van der Waals surface area contributed by atoms with E-state index in [1.807, 2.05) is 30.3 Å². The second-order valence-electron chi connectivity index (χ2n) is 3.76. The topological polar surface area (TPSA) is 64.6 Å². The number of hydrogen-bond acceptors (Lipinski definition) is 4. The Bertz CT molecular complexity index is 410. The number of alkyl halides is 1. The Hall–Kier alpha value is -1.31. The zero-order valence-corrected chi connectivity index (χ0v) is 12.8. The van der Waals surface area contributed by atoms with Crippen LogP contribution in [-0.2, 0) is 20.9 Å². The van der Waals surface area contributed by atoms with Gasteiger partial charge in [0.15, 0.2) is 0 Å². The van der Waals surface area contributed by atoms with E-state index >= 15 is 0 Å². The Labute approximate surface area is 125 Å². The summed E-state index contributed by atoms with van der Waals surface area (Å²) < 4.78 is 10.4. The summed E-state index contributed by atoms with van der Waals surface area (Å²) in [6.45, 7) is 0.171. The molecule has 0 aliphatic heterocycles. The maximum atomic E-state index is 11.6. The zero-order chi connectivity index (χ0) is 14.1. The van der Waals surface area contributed by atoms with Crippen LogP contribution in [0.2, 0.25) is 0 Å². The number of carbonyl (C=O) groups is 2. The third-order valence-corrected chi connectivity index (χ3v) is 3.01. The maximum absolute atomic E-state index is 11.6. The molecule has 0 aliphatic carbocycles. The van der Waals surface area contributed by atoms with Crippen molar-refractivity contribution in [3.8, 4) is 0 Å². The number of halogens is 1. The van der Waals surface area contributed by atoms with Crippen molar-refractivity contribution in [2.45, 2.75) is 19.1 Å². The van der Waals surface area contributed by atoms with Gasteiger partial charge in [0.1, 0.15) is 12.6 Å². The van der Waals surface area contributed by atoms with Gasteiger partial charge in [-0.3, -0.25) is 0 Å². The van der Waals surface area contributed by atoms with Crippen LogP contribution in [0, 0.1) is 0 Å². The van der Waals surface area contributed by atoms with Gasteiger partial charge in [-0.15, -0.1) is 0 Å². The van der Waals surface area contributed by atoms with Crippen LogP contribution in [0.4, 0.5) is 4.79 Å². The molecule has 1 aromatic carbocycles. The average Bonchev–Trinajstić information content (AvgIpc) is 2.45. The minimum absolute atomic E-state index is 0.171. The molecule has 0 bridgehead atoms. The summed E-state index contributed by atoms with van der Waals surface area (Å²) in [5.74, 6) is -0.465. The number of amides is 1. The number of hydrogen-bond donors (Lipinski definition) is 1. The molecule has 0 aromatic heterocycles. The minimum Gasteiger partial charge on any atom is -0.467 e. The molecule has 6 heteroatoms. The fourth-order valence-electron chi connectivity index (χ4n) is 1.41. The quantitative estimate of drug-likeness (QED) is 0.470. The molecule has 0 fully saturated rings. The van der Waals surface area contributed by atoms with Gasteiger partial charge < -0.3 is 14.8 Å². The number of carbonyl (C=O) groups excluding carboxylic acids is 2. The molecule has 1 rings (SSSR count). The lowest BCUT2D eigenvalue weighted by molar-refractivity contribution is -0.143. The molecule has 19 heavy (non-hydrogen) atoms. The van der Waals surface area contributed by atoms with Gasteiger partial charge in [-0.05, 0) is 12.0 Å². The number of nitrogens with one attached hydrogen (secondary N) is 1. The number of ether oxygens (including phenoxy) is 2. The highest BCUT2D eigenvalue weighted by Gasteiger charge is 2.21. The molecular weight excluding hydrogens is 361 g/mol. The maximum Gasteiger partial charge on any atom is 0.408 e. The smallest absolute Gasteiger partial charge is 0.408 e. The van der Waals surface area contributed by atoms with Gasteiger partial charge in [0.2, 0.25) is 0 Å². The lowest BCUT2D eigenvalue weighted by Crippen LogP contribution is -2.42. The van der Waals surface area contributed by atoms with Crippen molar-refractivity contribution in [3.63, 3.8) is 0 Å². The van der Waals surface area contributed by atoms with Gasteiger partial charge >= 0.3 is 12.1 Å². The van der Waals surface area contributed by atoms with Gasteiger partial charge in [-0.2, -0.15) is 0 Å². The first-order valence-electron chi connectivity index (χ1n) is 5.78. The van der Waals surface area contributed by atoms with Crippen molar-refractivity contribution in [1.82, 2.24) is 5.32 Å². The summed E-state index contributed by atoms with van der Waals surface area (Å²) in [6, 6.07) is 8.67. The Morgan fingerprint density at radius 1 is 1.32 bits per heavy atom. The zero-order valence-electron chi connectivity index (χ0n) is 10.6. The van der Waals surface area contributed by atoms with Crippen molar-refractivity contribution >= 4 is 34.7 Å². The van der Waals surface area contributed by atoms with Crippen LogP contribution in [-0.4, -0.2) is 29.6 Å². The Morgan fingerprint density at radius 3 is 2.58 bits per heavy atom. The summed E-state index contributed by atoms with van der Waals surface area (Å²) in [7, 11) is 1.29. The van der Waals surface area contributed by atoms with E-state index in [1.165, 1.54) is 7.11 Å². The number of esters is 1. The molecule has 1 atom stereocenters. The van der Waals surface area contributed by atoms with E-state index in [0.717, 1.165) is 9.99 Å². The van der Waals surface area contributed by atoms with Crippen LogP contribution < -0.4 is 5.32 Å². The Morgan fingerprint density at radius 2 is 2.00 bits per heavy atom. The second-order valence-corrected chi connectivity index (χ2v) is 4.84. The van der Waals surface area contributed by atoms with E-state index in [4.69, 9.17) is 4.74 Å². The number of rotatable bonds is 6. The number of methoxy groups -OCH3 is 1. The van der Waals surface area contributed by atoms with E-state index in [-0.39, 0.29) is 6.61 Å². The molecule has 0 aliphatic rings. The number of benzene rings is 1. The van der Waals surface area contributed by atoms with Gasteiger partial charge in [-0.1, -0.05) is 52.9 Å². The van der Waals surface area contributed by atoms with E-state index in [1.54, 1.807) is 0 Å². The summed E-state index contributed by atoms with van der Waals surface area (Å²) in [5.41, 5.74) is 0.890. The highest BCUT2D eigenvalue weighted by Crippen LogP contribution is 2.03. The summed E-state index contributed by atoms with van der Waals surface area (Å²) in [4.78, 5) is 23.0. The molecule has 0 radical (unpaired) electrons. The van der Waals surface area contributed by atoms with Crippen molar-refractivity contribution in [3.05, 3.63) is 35.9 Å². The van der Waals surface area contributed by atoms with Crippen molar-refractivity contribution in [2.24, 2.45) is 0 Å². The van der Waals surface area contributed by atoms with E-state index in [2.05, 4.69) is 32.6 Å². The molecule has 0 saturated carbocycles. The molecule has 1 N–H and O–H groups in total. The molecule has 5 nitrogen and oxygen atoms in total. The molecule has 0 saturated heterocycles. The third kappa shape index (κ3) is 5.91. The molecule has 0 heterocycles. The molecule has 1 aromatic rings. The van der Waals surface area contributed by atoms with Crippen molar-refractivity contribution in [1.29, 1.82) is 0 Å². The van der Waals surface area contributed by atoms with Gasteiger partial charge in [0.25, 0.3) is 0 Å². The molecule has 1 amide bonds. The Kier molecular flexibility index (Phi) is 7.24. The standard InChI is InChI=1S/C13H16INO4/c1-18-12(16)11(7-8-14)15-13(17)19-9-10-5-3-2-4-6-10/h2-6,11H,7-9H2,1H3,(H,15,17)/t11-/m0/s1. The lowest BCUT2D eigenvalue weighted by Gasteiger charge is -2.15. The average molecular weight is 377 g/mol. The SMILES string of the molecule is COC(=O)[C@H](CCI)NC(=O)OCc1ccccc1. The lowest BCUT2D eigenvalue weighted by atomic mass is 10.2. The van der Waals surface area contributed by atoms with Crippen LogP contribution in [0.3, 0.4) is 0 Å². The fourth-order valence-corrected chi connectivity index (χ4v) is 2.03. The number of alkyl carbamates (subject to hydrolysis) is 1. The largest absolute Gasteiger partial charge is 0.467 e. The first-order valence-corrected chi connectivity index (χ1v) is 7.31. The monoisotopic (exact) mass is 377 g/mol. The summed E-state index contributed by atoms with van der Waals surface area (Å²) in [6.07, 6.45) is -0.114. The second kappa shape index (κ2) is 8.73. The van der Waals surface area contributed by atoms with Crippen LogP contribution in [0.15, 0.2) is 30.3 Å². The highest BCUT2D eigenvalue weighted by molar-refractivity contribution is 14.1. The van der Waals surface area contributed by atoms with E-state index in [9.17, 15) is 9.59 Å². The van der Waals surface area contributed by atoms with Gasteiger partial charge in [0, 0.05) is 4.43 Å². The molecule has 0 spiro atoms. The predicted octanol–water partition coefficient (Wildman–Crippen LogP) is 2.28. The van der Waals surface area contributed by atoms with E-state index in [0.29, 0.717) is 6.42 Å². The minimum atomic E-state index is -0.662. The van der Waals surface area contributed by atoms with Crippen molar-refractivity contribution < 1.29 is 19.1 Å².